The molecule has 0 amide bonds. The summed E-state index contributed by atoms with van der Waals surface area (Å²) in [5, 5.41) is 4.90. The number of nitrogens with zero attached hydrogens (tertiary/aromatic N) is 4. The van der Waals surface area contributed by atoms with Crippen LogP contribution in [0.1, 0.15) is 35.9 Å². The number of aromatic nitrogens is 4. The van der Waals surface area contributed by atoms with Crippen LogP contribution in [0.15, 0.2) is 48.9 Å². The highest BCUT2D eigenvalue weighted by Crippen LogP contribution is 2.39. The van der Waals surface area contributed by atoms with Gasteiger partial charge in [-0.2, -0.15) is 0 Å². The lowest BCUT2D eigenvalue weighted by molar-refractivity contribution is 0.601. The minimum absolute atomic E-state index is 0.448. The molecule has 0 spiro atoms. The van der Waals surface area contributed by atoms with Gasteiger partial charge >= 0.3 is 0 Å². The zero-order valence-electron chi connectivity index (χ0n) is 17.1. The van der Waals surface area contributed by atoms with Crippen molar-refractivity contribution in [1.82, 2.24) is 19.9 Å². The van der Waals surface area contributed by atoms with Crippen molar-refractivity contribution in [2.45, 2.75) is 39.0 Å². The third kappa shape index (κ3) is 3.92. The van der Waals surface area contributed by atoms with Crippen LogP contribution in [-0.2, 0) is 19.3 Å². The molecule has 1 N–H and O–H groups in total. The zero-order chi connectivity index (χ0) is 20.3. The Balaban J connectivity index is 1.48. The van der Waals surface area contributed by atoms with Gasteiger partial charge in [-0.1, -0.05) is 13.0 Å². The van der Waals surface area contributed by atoms with Gasteiger partial charge in [-0.3, -0.25) is 9.97 Å². The van der Waals surface area contributed by atoms with Gasteiger partial charge < -0.3 is 5.32 Å². The van der Waals surface area contributed by atoms with E-state index in [9.17, 15) is 0 Å². The maximum absolute atomic E-state index is 4.97. The molecule has 6 heteroatoms. The van der Waals surface area contributed by atoms with Crippen LogP contribution in [0.5, 0.6) is 0 Å². The second kappa shape index (κ2) is 8.48. The fraction of sp³-hybridized carbons (Fsp3) is 0.333. The standard InChI is InChI=1S/C24H25N5S/c1-16(14-18-6-4-5-11-26-18)15-27-23-21-19-7-2-3-8-20(19)30-24(21)29-22(28-23)17-9-12-25-13-10-17/h4-6,9-13,16H,2-3,7-8,14-15H2,1H3,(H,27,28,29). The minimum atomic E-state index is 0.448. The van der Waals surface area contributed by atoms with E-state index >= 15 is 0 Å². The maximum atomic E-state index is 4.97. The number of thiophene rings is 1. The highest BCUT2D eigenvalue weighted by molar-refractivity contribution is 7.19. The Morgan fingerprint density at radius 3 is 2.73 bits per heavy atom. The number of nitrogens with one attached hydrogen (secondary N) is 1. The summed E-state index contributed by atoms with van der Waals surface area (Å²) in [6.07, 6.45) is 11.2. The predicted octanol–water partition coefficient (Wildman–Crippen LogP) is 5.32. The lowest BCUT2D eigenvalue weighted by Gasteiger charge is -2.16. The van der Waals surface area contributed by atoms with E-state index in [-0.39, 0.29) is 0 Å². The molecule has 1 aliphatic carbocycles. The van der Waals surface area contributed by atoms with Gasteiger partial charge in [0.25, 0.3) is 0 Å². The number of hydrogen-bond acceptors (Lipinski definition) is 6. The molecular weight excluding hydrogens is 390 g/mol. The van der Waals surface area contributed by atoms with E-state index in [0.29, 0.717) is 5.92 Å². The molecule has 0 aliphatic heterocycles. The summed E-state index contributed by atoms with van der Waals surface area (Å²) in [6, 6.07) is 10.1. The van der Waals surface area contributed by atoms with Crippen LogP contribution < -0.4 is 5.32 Å². The first-order chi connectivity index (χ1) is 14.8. The summed E-state index contributed by atoms with van der Waals surface area (Å²) in [5.74, 6) is 2.19. The molecule has 152 valence electrons. The number of rotatable bonds is 6. The van der Waals surface area contributed by atoms with Crippen molar-refractivity contribution in [2.24, 2.45) is 5.92 Å². The van der Waals surface area contributed by atoms with Gasteiger partial charge in [-0.05, 0) is 67.9 Å². The summed E-state index contributed by atoms with van der Waals surface area (Å²) >= 11 is 1.84. The van der Waals surface area contributed by atoms with Gasteiger partial charge in [-0.15, -0.1) is 11.3 Å². The minimum Gasteiger partial charge on any atom is -0.369 e. The van der Waals surface area contributed by atoms with Gasteiger partial charge in [0.15, 0.2) is 5.82 Å². The molecule has 0 radical (unpaired) electrons. The lowest BCUT2D eigenvalue weighted by atomic mass is 9.97. The Kier molecular flexibility index (Phi) is 5.41. The van der Waals surface area contributed by atoms with E-state index in [4.69, 9.17) is 9.97 Å². The predicted molar refractivity (Wildman–Crippen MR) is 123 cm³/mol. The first-order valence-electron chi connectivity index (χ1n) is 10.6. The number of anilines is 1. The molecule has 4 aromatic rings. The van der Waals surface area contributed by atoms with Crippen molar-refractivity contribution in [3.05, 3.63) is 65.1 Å². The van der Waals surface area contributed by atoms with Crippen molar-refractivity contribution in [2.75, 3.05) is 11.9 Å². The number of fused-ring (bicyclic) bond motifs is 3. The average Bonchev–Trinajstić information content (AvgIpc) is 3.17. The highest BCUT2D eigenvalue weighted by atomic mass is 32.1. The maximum Gasteiger partial charge on any atom is 0.163 e. The third-order valence-corrected chi connectivity index (χ3v) is 6.84. The normalized spacial score (nSPS) is 14.4. The van der Waals surface area contributed by atoms with Crippen LogP contribution in [-0.4, -0.2) is 26.5 Å². The smallest absolute Gasteiger partial charge is 0.163 e. The van der Waals surface area contributed by atoms with Gasteiger partial charge in [0.1, 0.15) is 10.6 Å². The van der Waals surface area contributed by atoms with Crippen LogP contribution >= 0.6 is 11.3 Å². The molecule has 1 atom stereocenters. The van der Waals surface area contributed by atoms with Crippen molar-refractivity contribution in [3.63, 3.8) is 0 Å². The van der Waals surface area contributed by atoms with Gasteiger partial charge in [-0.25, -0.2) is 9.97 Å². The van der Waals surface area contributed by atoms with Crippen LogP contribution in [0.3, 0.4) is 0 Å². The zero-order valence-corrected chi connectivity index (χ0v) is 18.0. The second-order valence-electron chi connectivity index (χ2n) is 8.03. The molecule has 0 fully saturated rings. The Labute approximate surface area is 180 Å². The van der Waals surface area contributed by atoms with Crippen molar-refractivity contribution in [1.29, 1.82) is 0 Å². The van der Waals surface area contributed by atoms with Gasteiger partial charge in [0.2, 0.25) is 0 Å². The first-order valence-corrected chi connectivity index (χ1v) is 11.5. The summed E-state index contributed by atoms with van der Waals surface area (Å²) in [4.78, 5) is 21.1. The fourth-order valence-corrected chi connectivity index (χ4v) is 5.40. The molecule has 5 rings (SSSR count). The van der Waals surface area contributed by atoms with E-state index < -0.39 is 0 Å². The molecule has 5 nitrogen and oxygen atoms in total. The molecule has 30 heavy (non-hydrogen) atoms. The quantitative estimate of drug-likeness (QED) is 0.462. The molecular formula is C24H25N5S. The summed E-state index contributed by atoms with van der Waals surface area (Å²) < 4.78 is 0. The second-order valence-corrected chi connectivity index (χ2v) is 9.12. The highest BCUT2D eigenvalue weighted by Gasteiger charge is 2.21. The van der Waals surface area contributed by atoms with E-state index in [0.717, 1.165) is 53.5 Å². The Morgan fingerprint density at radius 2 is 1.90 bits per heavy atom. The third-order valence-electron chi connectivity index (χ3n) is 5.65. The largest absolute Gasteiger partial charge is 0.369 e. The molecule has 4 heterocycles. The molecule has 0 aromatic carbocycles. The average molecular weight is 416 g/mol. The Morgan fingerprint density at radius 1 is 1.03 bits per heavy atom. The van der Waals surface area contributed by atoms with Gasteiger partial charge in [0.05, 0.1) is 5.39 Å². The van der Waals surface area contributed by atoms with Crippen molar-refractivity contribution < 1.29 is 0 Å². The topological polar surface area (TPSA) is 63.6 Å². The summed E-state index contributed by atoms with van der Waals surface area (Å²) in [6.45, 7) is 3.11. The van der Waals surface area contributed by atoms with E-state index in [2.05, 4.69) is 34.3 Å². The van der Waals surface area contributed by atoms with E-state index in [1.54, 1.807) is 12.4 Å². The first kappa shape index (κ1) is 19.1. The number of hydrogen-bond donors (Lipinski definition) is 1. The fourth-order valence-electron chi connectivity index (χ4n) is 4.13. The molecule has 0 saturated carbocycles. The van der Waals surface area contributed by atoms with Gasteiger partial charge in [0, 0.05) is 41.3 Å². The Hall–Kier alpha value is -2.86. The molecule has 4 aromatic heterocycles. The van der Waals surface area contributed by atoms with E-state index in [1.165, 1.54) is 28.7 Å². The van der Waals surface area contributed by atoms with Crippen LogP contribution in [0.2, 0.25) is 0 Å². The molecule has 1 unspecified atom stereocenters. The molecule has 0 saturated heterocycles. The number of pyridine rings is 2. The molecule has 1 aliphatic rings. The van der Waals surface area contributed by atoms with Crippen LogP contribution in [0.25, 0.3) is 21.6 Å². The Bertz CT molecular complexity index is 1140. The van der Waals surface area contributed by atoms with Crippen molar-refractivity contribution >= 4 is 27.4 Å². The van der Waals surface area contributed by atoms with Crippen LogP contribution in [0.4, 0.5) is 5.82 Å². The number of aryl methyl sites for hydroxylation is 2. The van der Waals surface area contributed by atoms with Crippen LogP contribution in [0, 0.1) is 5.92 Å². The summed E-state index contributed by atoms with van der Waals surface area (Å²) in [7, 11) is 0. The van der Waals surface area contributed by atoms with E-state index in [1.807, 2.05) is 35.7 Å². The molecule has 0 bridgehead atoms. The monoisotopic (exact) mass is 415 g/mol. The van der Waals surface area contributed by atoms with Crippen molar-refractivity contribution in [3.8, 4) is 11.4 Å². The summed E-state index contributed by atoms with van der Waals surface area (Å²) in [5.41, 5.74) is 3.59. The SMILES string of the molecule is CC(CNc1nc(-c2ccncc2)nc2sc3c(c12)CCCC3)Cc1ccccn1. The lowest BCUT2D eigenvalue weighted by Crippen LogP contribution is -2.15.